The third-order valence-corrected chi connectivity index (χ3v) is 4.32. The molecule has 1 unspecified atom stereocenters. The lowest BCUT2D eigenvalue weighted by Gasteiger charge is -2.14. The standard InChI is InChI=1S/C19H23N3O6/c1-11-16(19(24)28-9-8-27-4)13(3)20-17(11)18(23)21-12(2)14-6-5-7-15(10-14)22(25)26/h5-7,10,12,20H,8-9H2,1-4H3,(H,21,23). The van der Waals surface area contributed by atoms with Crippen LogP contribution in [0.3, 0.4) is 0 Å². The summed E-state index contributed by atoms with van der Waals surface area (Å²) < 4.78 is 9.98. The maximum Gasteiger partial charge on any atom is 0.340 e. The number of nitro groups is 1. The van der Waals surface area contributed by atoms with Gasteiger partial charge in [0.25, 0.3) is 11.6 Å². The third-order valence-electron chi connectivity index (χ3n) is 4.32. The summed E-state index contributed by atoms with van der Waals surface area (Å²) in [6, 6.07) is 5.60. The van der Waals surface area contributed by atoms with Crippen LogP contribution in [0.5, 0.6) is 0 Å². The van der Waals surface area contributed by atoms with E-state index in [1.807, 2.05) is 0 Å². The van der Waals surface area contributed by atoms with Crippen LogP contribution >= 0.6 is 0 Å². The molecule has 1 heterocycles. The predicted octanol–water partition coefficient (Wildman–Crippen LogP) is 2.83. The number of carbonyl (C=O) groups excluding carboxylic acids is 2. The Balaban J connectivity index is 2.16. The second-order valence-electron chi connectivity index (χ2n) is 6.30. The fraction of sp³-hybridized carbons (Fsp3) is 0.368. The van der Waals surface area contributed by atoms with Gasteiger partial charge in [-0.05, 0) is 31.9 Å². The van der Waals surface area contributed by atoms with Crippen LogP contribution in [0.1, 0.15) is 50.6 Å². The molecule has 0 aliphatic rings. The molecule has 0 aliphatic heterocycles. The van der Waals surface area contributed by atoms with E-state index < -0.39 is 22.8 Å². The first kappa shape index (κ1) is 21.1. The number of aromatic nitrogens is 1. The first-order valence-corrected chi connectivity index (χ1v) is 8.66. The molecule has 2 aromatic rings. The van der Waals surface area contributed by atoms with Gasteiger partial charge in [0.2, 0.25) is 0 Å². The van der Waals surface area contributed by atoms with E-state index in [1.165, 1.54) is 19.2 Å². The Labute approximate surface area is 162 Å². The van der Waals surface area contributed by atoms with E-state index in [9.17, 15) is 19.7 Å². The normalized spacial score (nSPS) is 11.7. The molecule has 0 bridgehead atoms. The Bertz CT molecular complexity index is 890. The number of nitrogens with zero attached hydrogens (tertiary/aromatic N) is 1. The van der Waals surface area contributed by atoms with Crippen molar-refractivity contribution < 1.29 is 24.0 Å². The van der Waals surface area contributed by atoms with Gasteiger partial charge < -0.3 is 19.8 Å². The van der Waals surface area contributed by atoms with Crippen LogP contribution < -0.4 is 5.32 Å². The molecule has 0 saturated heterocycles. The molecule has 0 saturated carbocycles. The molecular formula is C19H23N3O6. The zero-order valence-electron chi connectivity index (χ0n) is 16.2. The lowest BCUT2D eigenvalue weighted by molar-refractivity contribution is -0.384. The lowest BCUT2D eigenvalue weighted by Crippen LogP contribution is -2.27. The smallest absolute Gasteiger partial charge is 0.340 e. The van der Waals surface area contributed by atoms with Crippen molar-refractivity contribution in [3.05, 3.63) is 62.5 Å². The van der Waals surface area contributed by atoms with E-state index in [1.54, 1.807) is 32.9 Å². The number of H-pyrrole nitrogens is 1. The lowest BCUT2D eigenvalue weighted by atomic mass is 10.1. The Kier molecular flexibility index (Phi) is 6.89. The molecule has 1 aromatic heterocycles. The predicted molar refractivity (Wildman–Crippen MR) is 101 cm³/mol. The minimum atomic E-state index is -0.533. The molecule has 9 heteroatoms. The first-order valence-electron chi connectivity index (χ1n) is 8.66. The van der Waals surface area contributed by atoms with Crippen LogP contribution in [-0.4, -0.2) is 42.1 Å². The highest BCUT2D eigenvalue weighted by Gasteiger charge is 2.24. The van der Waals surface area contributed by atoms with Gasteiger partial charge in [-0.25, -0.2) is 4.79 Å². The third kappa shape index (κ3) is 4.74. The summed E-state index contributed by atoms with van der Waals surface area (Å²) in [4.78, 5) is 38.3. The van der Waals surface area contributed by atoms with Crippen LogP contribution in [0.15, 0.2) is 24.3 Å². The molecule has 2 N–H and O–H groups in total. The molecule has 0 aliphatic carbocycles. The molecule has 0 radical (unpaired) electrons. The number of nitrogens with one attached hydrogen (secondary N) is 2. The summed E-state index contributed by atoms with van der Waals surface area (Å²) in [7, 11) is 1.51. The second-order valence-corrected chi connectivity index (χ2v) is 6.30. The number of benzene rings is 1. The van der Waals surface area contributed by atoms with Crippen molar-refractivity contribution in [3.63, 3.8) is 0 Å². The van der Waals surface area contributed by atoms with Crippen molar-refractivity contribution in [2.24, 2.45) is 0 Å². The molecule has 9 nitrogen and oxygen atoms in total. The van der Waals surface area contributed by atoms with Crippen molar-refractivity contribution in [2.45, 2.75) is 26.8 Å². The molecule has 0 fully saturated rings. The van der Waals surface area contributed by atoms with Gasteiger partial charge in [-0.2, -0.15) is 0 Å². The molecule has 1 amide bonds. The average Bonchev–Trinajstić information content (AvgIpc) is 2.96. The van der Waals surface area contributed by atoms with Gasteiger partial charge >= 0.3 is 5.97 Å². The number of carbonyl (C=O) groups is 2. The van der Waals surface area contributed by atoms with Crippen LogP contribution in [0.4, 0.5) is 5.69 Å². The van der Waals surface area contributed by atoms with Gasteiger partial charge in [0.1, 0.15) is 12.3 Å². The number of esters is 1. The van der Waals surface area contributed by atoms with E-state index in [0.717, 1.165) is 0 Å². The first-order chi connectivity index (χ1) is 13.3. The number of hydrogen-bond acceptors (Lipinski definition) is 6. The van der Waals surface area contributed by atoms with Gasteiger partial charge in [-0.15, -0.1) is 0 Å². The molecule has 0 spiro atoms. The molecular weight excluding hydrogens is 366 g/mol. The fourth-order valence-electron chi connectivity index (χ4n) is 2.83. The van der Waals surface area contributed by atoms with Gasteiger partial charge in [0.05, 0.1) is 23.1 Å². The summed E-state index contributed by atoms with van der Waals surface area (Å²) in [5, 5.41) is 13.7. The van der Waals surface area contributed by atoms with E-state index in [-0.39, 0.29) is 24.6 Å². The maximum atomic E-state index is 12.7. The SMILES string of the molecule is COCCOC(=O)c1c(C)[nH]c(C(=O)NC(C)c2cccc([N+](=O)[O-])c2)c1C. The maximum absolute atomic E-state index is 12.7. The van der Waals surface area contributed by atoms with Crippen LogP contribution in [0, 0.1) is 24.0 Å². The average molecular weight is 389 g/mol. The van der Waals surface area contributed by atoms with E-state index in [4.69, 9.17) is 9.47 Å². The van der Waals surface area contributed by atoms with Crippen molar-refractivity contribution in [3.8, 4) is 0 Å². The van der Waals surface area contributed by atoms with Crippen molar-refractivity contribution in [1.29, 1.82) is 0 Å². The monoisotopic (exact) mass is 389 g/mol. The second kappa shape index (κ2) is 9.14. The number of rotatable bonds is 8. The fourth-order valence-corrected chi connectivity index (χ4v) is 2.83. The Morgan fingerprint density at radius 1 is 1.29 bits per heavy atom. The molecule has 2 rings (SSSR count). The van der Waals surface area contributed by atoms with Crippen LogP contribution in [0.2, 0.25) is 0 Å². The van der Waals surface area contributed by atoms with Crippen molar-refractivity contribution in [1.82, 2.24) is 10.3 Å². The number of hydrogen-bond donors (Lipinski definition) is 2. The Morgan fingerprint density at radius 2 is 2.00 bits per heavy atom. The number of ether oxygens (including phenoxy) is 2. The zero-order chi connectivity index (χ0) is 20.8. The Morgan fingerprint density at radius 3 is 2.64 bits per heavy atom. The van der Waals surface area contributed by atoms with Gasteiger partial charge in [0, 0.05) is 24.9 Å². The Hall–Kier alpha value is -3.20. The summed E-state index contributed by atoms with van der Waals surface area (Å²) >= 11 is 0. The van der Waals surface area contributed by atoms with Gasteiger partial charge in [-0.3, -0.25) is 14.9 Å². The number of aryl methyl sites for hydroxylation is 1. The quantitative estimate of drug-likeness (QED) is 0.310. The topological polar surface area (TPSA) is 124 Å². The summed E-state index contributed by atoms with van der Waals surface area (Å²) in [5.74, 6) is -0.954. The summed E-state index contributed by atoms with van der Waals surface area (Å²) in [5.41, 5.74) is 2.10. The van der Waals surface area contributed by atoms with Crippen molar-refractivity contribution in [2.75, 3.05) is 20.3 Å². The van der Waals surface area contributed by atoms with Crippen LogP contribution in [0.25, 0.3) is 0 Å². The number of methoxy groups -OCH3 is 1. The number of nitro benzene ring substituents is 1. The van der Waals surface area contributed by atoms with E-state index >= 15 is 0 Å². The van der Waals surface area contributed by atoms with E-state index in [0.29, 0.717) is 22.4 Å². The largest absolute Gasteiger partial charge is 0.460 e. The summed E-state index contributed by atoms with van der Waals surface area (Å²) in [6.45, 7) is 5.46. The highest BCUT2D eigenvalue weighted by molar-refractivity contribution is 6.00. The van der Waals surface area contributed by atoms with Crippen molar-refractivity contribution >= 4 is 17.6 Å². The number of amides is 1. The molecule has 1 atom stereocenters. The minimum absolute atomic E-state index is 0.0495. The zero-order valence-corrected chi connectivity index (χ0v) is 16.2. The molecule has 28 heavy (non-hydrogen) atoms. The highest BCUT2D eigenvalue weighted by Crippen LogP contribution is 2.22. The van der Waals surface area contributed by atoms with E-state index in [2.05, 4.69) is 10.3 Å². The molecule has 150 valence electrons. The van der Waals surface area contributed by atoms with Gasteiger partial charge in [0.15, 0.2) is 0 Å². The van der Waals surface area contributed by atoms with Gasteiger partial charge in [-0.1, -0.05) is 12.1 Å². The van der Waals surface area contributed by atoms with Crippen LogP contribution in [-0.2, 0) is 9.47 Å². The highest BCUT2D eigenvalue weighted by atomic mass is 16.6. The number of non-ortho nitro benzene ring substituents is 1. The minimum Gasteiger partial charge on any atom is -0.460 e. The summed E-state index contributed by atoms with van der Waals surface area (Å²) in [6.07, 6.45) is 0. The molecule has 1 aromatic carbocycles. The number of aromatic amines is 1.